The van der Waals surface area contributed by atoms with E-state index in [2.05, 4.69) is 26.2 Å². The van der Waals surface area contributed by atoms with Gasteiger partial charge in [0.2, 0.25) is 0 Å². The first-order valence-electron chi connectivity index (χ1n) is 7.95. The van der Waals surface area contributed by atoms with E-state index in [0.29, 0.717) is 28.6 Å². The molecule has 0 bridgehead atoms. The van der Waals surface area contributed by atoms with Gasteiger partial charge in [-0.15, -0.1) is 11.3 Å². The zero-order valence-corrected chi connectivity index (χ0v) is 18.1. The summed E-state index contributed by atoms with van der Waals surface area (Å²) in [5.74, 6) is 1.07. The number of hydrogen-bond acceptors (Lipinski definition) is 6. The van der Waals surface area contributed by atoms with Gasteiger partial charge in [-0.25, -0.2) is 4.98 Å². The van der Waals surface area contributed by atoms with Gasteiger partial charge in [0.25, 0.3) is 5.91 Å². The van der Waals surface area contributed by atoms with Crippen molar-refractivity contribution in [2.75, 3.05) is 21.3 Å². The van der Waals surface area contributed by atoms with Crippen molar-refractivity contribution in [3.63, 3.8) is 0 Å². The molecule has 1 N–H and O–H groups in total. The van der Waals surface area contributed by atoms with Crippen LogP contribution in [0, 0.1) is 6.92 Å². The van der Waals surface area contributed by atoms with Crippen molar-refractivity contribution in [1.29, 1.82) is 0 Å². The molecule has 0 radical (unpaired) electrons. The zero-order valence-electron chi connectivity index (χ0n) is 15.7. The van der Waals surface area contributed by atoms with Gasteiger partial charge in [0.15, 0.2) is 11.5 Å². The zero-order chi connectivity index (χ0) is 19.5. The van der Waals surface area contributed by atoms with Crippen LogP contribution in [0.4, 0.5) is 0 Å². The molecule has 0 fully saturated rings. The van der Waals surface area contributed by atoms with E-state index in [-0.39, 0.29) is 5.91 Å². The molecule has 0 aliphatic carbocycles. The SMILES string of the molecule is COc1cc(Br)c(CNC(=O)c2sc(C(C)(C)OC)nc2C)cc1OC. The van der Waals surface area contributed by atoms with Crippen molar-refractivity contribution in [2.24, 2.45) is 0 Å². The summed E-state index contributed by atoms with van der Waals surface area (Å²) in [4.78, 5) is 17.7. The Morgan fingerprint density at radius 3 is 2.42 bits per heavy atom. The van der Waals surface area contributed by atoms with Crippen LogP contribution in [0.3, 0.4) is 0 Å². The average molecular weight is 443 g/mol. The molecular formula is C18H23BrN2O4S. The Morgan fingerprint density at radius 1 is 1.23 bits per heavy atom. The molecule has 1 amide bonds. The number of nitrogens with zero attached hydrogens (tertiary/aromatic N) is 1. The maximum Gasteiger partial charge on any atom is 0.263 e. The molecule has 142 valence electrons. The molecule has 26 heavy (non-hydrogen) atoms. The maximum atomic E-state index is 12.6. The predicted molar refractivity (Wildman–Crippen MR) is 105 cm³/mol. The lowest BCUT2D eigenvalue weighted by atomic mass is 10.1. The summed E-state index contributed by atoms with van der Waals surface area (Å²) < 4.78 is 16.9. The number of carbonyl (C=O) groups excluding carboxylic acids is 1. The minimum atomic E-state index is -0.527. The monoisotopic (exact) mass is 442 g/mol. The number of aromatic nitrogens is 1. The summed E-state index contributed by atoms with van der Waals surface area (Å²) in [7, 11) is 4.79. The number of ether oxygens (including phenoxy) is 3. The van der Waals surface area contributed by atoms with E-state index in [1.165, 1.54) is 11.3 Å². The predicted octanol–water partition coefficient (Wildman–Crippen LogP) is 4.04. The van der Waals surface area contributed by atoms with Crippen LogP contribution in [0.1, 0.15) is 39.8 Å². The van der Waals surface area contributed by atoms with E-state index in [9.17, 15) is 4.79 Å². The normalized spacial score (nSPS) is 11.3. The highest BCUT2D eigenvalue weighted by Crippen LogP contribution is 2.33. The van der Waals surface area contributed by atoms with E-state index < -0.39 is 5.60 Å². The molecule has 2 rings (SSSR count). The van der Waals surface area contributed by atoms with Gasteiger partial charge in [0.05, 0.1) is 19.9 Å². The number of hydrogen-bond donors (Lipinski definition) is 1. The quantitative estimate of drug-likeness (QED) is 0.700. The summed E-state index contributed by atoms with van der Waals surface area (Å²) in [6.45, 7) is 6.02. The van der Waals surface area contributed by atoms with Crippen LogP contribution in [-0.2, 0) is 16.9 Å². The highest BCUT2D eigenvalue weighted by atomic mass is 79.9. The second kappa shape index (κ2) is 8.37. The number of aryl methyl sites for hydroxylation is 1. The van der Waals surface area contributed by atoms with Gasteiger partial charge < -0.3 is 19.5 Å². The van der Waals surface area contributed by atoms with Gasteiger partial charge in [-0.1, -0.05) is 15.9 Å². The smallest absolute Gasteiger partial charge is 0.263 e. The fourth-order valence-electron chi connectivity index (χ4n) is 2.24. The third-order valence-electron chi connectivity index (χ3n) is 4.02. The third kappa shape index (κ3) is 4.36. The second-order valence-corrected chi connectivity index (χ2v) is 7.98. The molecule has 0 saturated carbocycles. The van der Waals surface area contributed by atoms with Crippen LogP contribution >= 0.6 is 27.3 Å². The fourth-order valence-corrected chi connectivity index (χ4v) is 3.77. The fraction of sp³-hybridized carbons (Fsp3) is 0.444. The van der Waals surface area contributed by atoms with Crippen molar-refractivity contribution in [3.05, 3.63) is 37.7 Å². The maximum absolute atomic E-state index is 12.6. The molecule has 1 aromatic heterocycles. The van der Waals surface area contributed by atoms with E-state index >= 15 is 0 Å². The molecular weight excluding hydrogens is 420 g/mol. The van der Waals surface area contributed by atoms with E-state index in [1.54, 1.807) is 21.3 Å². The number of benzene rings is 1. The summed E-state index contributed by atoms with van der Waals surface area (Å²) in [5, 5.41) is 3.71. The lowest BCUT2D eigenvalue weighted by Gasteiger charge is -2.19. The van der Waals surface area contributed by atoms with Gasteiger partial charge in [0, 0.05) is 18.1 Å². The number of carbonyl (C=O) groups is 1. The molecule has 0 aliphatic rings. The molecule has 0 saturated heterocycles. The minimum Gasteiger partial charge on any atom is -0.493 e. The minimum absolute atomic E-state index is 0.167. The molecule has 1 aromatic carbocycles. The van der Waals surface area contributed by atoms with Gasteiger partial charge in [-0.05, 0) is 38.5 Å². The summed E-state index contributed by atoms with van der Waals surface area (Å²) in [6, 6.07) is 3.65. The average Bonchev–Trinajstić information content (AvgIpc) is 3.02. The third-order valence-corrected chi connectivity index (χ3v) is 6.22. The summed E-state index contributed by atoms with van der Waals surface area (Å²) in [6.07, 6.45) is 0. The number of thiazole rings is 1. The lowest BCUT2D eigenvalue weighted by molar-refractivity contribution is 0.0189. The Bertz CT molecular complexity index is 805. The largest absolute Gasteiger partial charge is 0.493 e. The Labute approximate surface area is 166 Å². The van der Waals surface area contributed by atoms with Crippen molar-refractivity contribution >= 4 is 33.2 Å². The molecule has 0 spiro atoms. The van der Waals surface area contributed by atoms with Crippen molar-refractivity contribution in [3.8, 4) is 11.5 Å². The number of amides is 1. The van der Waals surface area contributed by atoms with Gasteiger partial charge in [-0.3, -0.25) is 4.79 Å². The van der Waals surface area contributed by atoms with Gasteiger partial charge in [0.1, 0.15) is 15.5 Å². The van der Waals surface area contributed by atoms with Crippen LogP contribution in [-0.4, -0.2) is 32.2 Å². The van der Waals surface area contributed by atoms with Crippen LogP contribution < -0.4 is 14.8 Å². The first kappa shape index (κ1) is 20.7. The molecule has 1 heterocycles. The molecule has 0 atom stereocenters. The van der Waals surface area contributed by atoms with Crippen molar-refractivity contribution in [2.45, 2.75) is 32.9 Å². The van der Waals surface area contributed by atoms with Gasteiger partial charge >= 0.3 is 0 Å². The van der Waals surface area contributed by atoms with Crippen LogP contribution in [0.25, 0.3) is 0 Å². The number of nitrogens with one attached hydrogen (secondary N) is 1. The summed E-state index contributed by atoms with van der Waals surface area (Å²) in [5.41, 5.74) is 1.05. The number of rotatable bonds is 7. The standard InChI is InChI=1S/C18H23BrN2O4S/c1-10-15(26-17(21-10)18(2,3)25-6)16(22)20-9-11-7-13(23-4)14(24-5)8-12(11)19/h7-8H,9H2,1-6H3,(H,20,22). The first-order chi connectivity index (χ1) is 12.2. The molecule has 6 nitrogen and oxygen atoms in total. The molecule has 2 aromatic rings. The van der Waals surface area contributed by atoms with E-state index in [0.717, 1.165) is 15.0 Å². The Balaban J connectivity index is 2.17. The highest BCUT2D eigenvalue weighted by Gasteiger charge is 2.27. The van der Waals surface area contributed by atoms with Crippen molar-refractivity contribution in [1.82, 2.24) is 10.3 Å². The summed E-state index contributed by atoms with van der Waals surface area (Å²) >= 11 is 4.85. The van der Waals surface area contributed by atoms with Crippen molar-refractivity contribution < 1.29 is 19.0 Å². The Morgan fingerprint density at radius 2 is 1.85 bits per heavy atom. The first-order valence-corrected chi connectivity index (χ1v) is 9.56. The van der Waals surface area contributed by atoms with Crippen LogP contribution in [0.2, 0.25) is 0 Å². The number of methoxy groups -OCH3 is 3. The highest BCUT2D eigenvalue weighted by molar-refractivity contribution is 9.10. The molecule has 0 unspecified atom stereocenters. The molecule has 0 aliphatic heterocycles. The Hall–Kier alpha value is -1.64. The number of halogens is 1. The topological polar surface area (TPSA) is 69.7 Å². The molecule has 8 heteroatoms. The van der Waals surface area contributed by atoms with E-state index in [4.69, 9.17) is 14.2 Å². The van der Waals surface area contributed by atoms with Gasteiger partial charge in [-0.2, -0.15) is 0 Å². The lowest BCUT2D eigenvalue weighted by Crippen LogP contribution is -2.23. The van der Waals surface area contributed by atoms with Crippen LogP contribution in [0.5, 0.6) is 11.5 Å². The Kier molecular flexibility index (Phi) is 6.65. The second-order valence-electron chi connectivity index (χ2n) is 6.13. The van der Waals surface area contributed by atoms with E-state index in [1.807, 2.05) is 32.9 Å². The van der Waals surface area contributed by atoms with Crippen LogP contribution in [0.15, 0.2) is 16.6 Å².